The summed E-state index contributed by atoms with van der Waals surface area (Å²) in [6.45, 7) is 0. The minimum atomic E-state index is -1.01. The summed E-state index contributed by atoms with van der Waals surface area (Å²) in [5.41, 5.74) is 1.52. The normalized spacial score (nSPS) is 16.6. The average molecular weight is 342 g/mol. The highest BCUT2D eigenvalue weighted by Gasteiger charge is 2.34. The van der Waals surface area contributed by atoms with Crippen LogP contribution in [0.15, 0.2) is 52.2 Å². The molecule has 0 bridgehead atoms. The standard InChI is InChI=1S/C18H18N2O5/c1-24-13-5-2-4-12(10-13)15-11-14(16-6-3-9-25-16)19-20(15)17(21)7-8-18(22)23/h2-6,9-10,15H,7-8,11H2,1H3,(H,22,23). The van der Waals surface area contributed by atoms with Crippen LogP contribution in [0.3, 0.4) is 0 Å². The summed E-state index contributed by atoms with van der Waals surface area (Å²) in [4.78, 5) is 23.3. The van der Waals surface area contributed by atoms with Crippen molar-refractivity contribution in [2.75, 3.05) is 7.11 Å². The predicted molar refractivity (Wildman–Crippen MR) is 89.3 cm³/mol. The fraction of sp³-hybridized carbons (Fsp3) is 0.278. The molecule has 3 rings (SSSR count). The number of aliphatic carboxylic acids is 1. The Labute approximate surface area is 144 Å². The third-order valence-corrected chi connectivity index (χ3v) is 4.00. The lowest BCUT2D eigenvalue weighted by Crippen LogP contribution is -2.27. The fourth-order valence-electron chi connectivity index (χ4n) is 2.77. The topological polar surface area (TPSA) is 92.3 Å². The second-order valence-electron chi connectivity index (χ2n) is 5.65. The number of carboxylic acid groups (broad SMARTS) is 1. The van der Waals surface area contributed by atoms with Crippen molar-refractivity contribution in [3.05, 3.63) is 54.0 Å². The molecule has 7 heteroatoms. The Kier molecular flexibility index (Phi) is 4.83. The summed E-state index contributed by atoms with van der Waals surface area (Å²) < 4.78 is 10.6. The Morgan fingerprint density at radius 3 is 2.84 bits per heavy atom. The number of hydrazone groups is 1. The molecule has 1 N–H and O–H groups in total. The molecule has 1 atom stereocenters. The number of furan rings is 1. The zero-order valence-electron chi connectivity index (χ0n) is 13.7. The van der Waals surface area contributed by atoms with Crippen LogP contribution >= 0.6 is 0 Å². The van der Waals surface area contributed by atoms with Gasteiger partial charge in [0.15, 0.2) is 0 Å². The van der Waals surface area contributed by atoms with Gasteiger partial charge >= 0.3 is 5.97 Å². The highest BCUT2D eigenvalue weighted by Crippen LogP contribution is 2.34. The minimum Gasteiger partial charge on any atom is -0.497 e. The minimum absolute atomic E-state index is 0.106. The molecule has 2 heterocycles. The van der Waals surface area contributed by atoms with Crippen molar-refractivity contribution >= 4 is 17.6 Å². The molecule has 130 valence electrons. The summed E-state index contributed by atoms with van der Waals surface area (Å²) in [6.07, 6.45) is 1.70. The maximum Gasteiger partial charge on any atom is 0.303 e. The third-order valence-electron chi connectivity index (χ3n) is 4.00. The lowest BCUT2D eigenvalue weighted by atomic mass is 10.0. The van der Waals surface area contributed by atoms with Crippen LogP contribution in [0.1, 0.15) is 36.6 Å². The monoisotopic (exact) mass is 342 g/mol. The van der Waals surface area contributed by atoms with E-state index < -0.39 is 5.97 Å². The van der Waals surface area contributed by atoms with Gasteiger partial charge in [0.25, 0.3) is 0 Å². The second-order valence-corrected chi connectivity index (χ2v) is 5.65. The molecule has 1 aromatic carbocycles. The highest BCUT2D eigenvalue weighted by atomic mass is 16.5. The molecule has 0 saturated carbocycles. The fourth-order valence-corrected chi connectivity index (χ4v) is 2.77. The van der Waals surface area contributed by atoms with Crippen LogP contribution in [0.25, 0.3) is 0 Å². The van der Waals surface area contributed by atoms with E-state index in [2.05, 4.69) is 5.10 Å². The van der Waals surface area contributed by atoms with E-state index in [1.165, 1.54) is 5.01 Å². The van der Waals surface area contributed by atoms with Crippen molar-refractivity contribution in [3.63, 3.8) is 0 Å². The van der Waals surface area contributed by atoms with Crippen molar-refractivity contribution in [3.8, 4) is 5.75 Å². The number of carboxylic acids is 1. The van der Waals surface area contributed by atoms with Gasteiger partial charge in [0, 0.05) is 12.8 Å². The summed E-state index contributed by atoms with van der Waals surface area (Å²) in [6, 6.07) is 10.6. The van der Waals surface area contributed by atoms with Gasteiger partial charge in [-0.25, -0.2) is 5.01 Å². The Morgan fingerprint density at radius 1 is 1.32 bits per heavy atom. The molecule has 0 aliphatic carbocycles. The zero-order chi connectivity index (χ0) is 17.8. The summed E-state index contributed by atoms with van der Waals surface area (Å²) in [5, 5.41) is 14.6. The van der Waals surface area contributed by atoms with E-state index in [4.69, 9.17) is 14.3 Å². The van der Waals surface area contributed by atoms with E-state index in [1.54, 1.807) is 25.5 Å². The molecule has 0 saturated heterocycles. The molecule has 2 aromatic rings. The SMILES string of the molecule is COc1cccc(C2CC(c3ccco3)=NN2C(=O)CCC(=O)O)c1. The number of carbonyl (C=O) groups is 2. The highest BCUT2D eigenvalue weighted by molar-refractivity contribution is 6.01. The Bertz CT molecular complexity index is 798. The van der Waals surface area contributed by atoms with Gasteiger partial charge in [-0.3, -0.25) is 9.59 Å². The molecular weight excluding hydrogens is 324 g/mol. The van der Waals surface area contributed by atoms with Crippen LogP contribution < -0.4 is 4.74 Å². The quantitative estimate of drug-likeness (QED) is 0.871. The number of nitrogens with zero attached hydrogens (tertiary/aromatic N) is 2. The number of hydrogen-bond donors (Lipinski definition) is 1. The lowest BCUT2D eigenvalue weighted by molar-refractivity contribution is -0.141. The van der Waals surface area contributed by atoms with Crippen LogP contribution in [0.2, 0.25) is 0 Å². The van der Waals surface area contributed by atoms with Crippen molar-refractivity contribution in [1.82, 2.24) is 5.01 Å². The van der Waals surface area contributed by atoms with E-state index in [1.807, 2.05) is 24.3 Å². The molecule has 1 aliphatic heterocycles. The number of rotatable bonds is 6. The number of ether oxygens (including phenoxy) is 1. The largest absolute Gasteiger partial charge is 0.497 e. The molecular formula is C18H18N2O5. The van der Waals surface area contributed by atoms with Crippen LogP contribution in [-0.2, 0) is 9.59 Å². The maximum atomic E-state index is 12.5. The number of hydrogen-bond acceptors (Lipinski definition) is 5. The maximum absolute atomic E-state index is 12.5. The Balaban J connectivity index is 1.89. The van der Waals surface area contributed by atoms with Crippen molar-refractivity contribution < 1.29 is 23.8 Å². The van der Waals surface area contributed by atoms with Gasteiger partial charge in [0.2, 0.25) is 5.91 Å². The third kappa shape index (κ3) is 3.71. The zero-order valence-corrected chi connectivity index (χ0v) is 13.7. The average Bonchev–Trinajstić information content (AvgIpc) is 3.28. The first-order chi connectivity index (χ1) is 12.1. The number of carbonyl (C=O) groups excluding carboxylic acids is 1. The van der Waals surface area contributed by atoms with Crippen molar-refractivity contribution in [2.24, 2.45) is 5.10 Å². The molecule has 0 spiro atoms. The van der Waals surface area contributed by atoms with E-state index in [-0.39, 0.29) is 24.8 Å². The van der Waals surface area contributed by atoms with Crippen molar-refractivity contribution in [2.45, 2.75) is 25.3 Å². The summed E-state index contributed by atoms with van der Waals surface area (Å²) >= 11 is 0. The first-order valence-corrected chi connectivity index (χ1v) is 7.87. The smallest absolute Gasteiger partial charge is 0.303 e. The number of methoxy groups -OCH3 is 1. The van der Waals surface area contributed by atoms with Crippen LogP contribution in [0, 0.1) is 0 Å². The molecule has 25 heavy (non-hydrogen) atoms. The van der Waals surface area contributed by atoms with Crippen LogP contribution in [0.4, 0.5) is 0 Å². The summed E-state index contributed by atoms with van der Waals surface area (Å²) in [7, 11) is 1.58. The Hall–Kier alpha value is -3.09. The van der Waals surface area contributed by atoms with Crippen LogP contribution in [-0.4, -0.2) is 34.8 Å². The van der Waals surface area contributed by atoms with Crippen LogP contribution in [0.5, 0.6) is 5.75 Å². The van der Waals surface area contributed by atoms with Gasteiger partial charge in [-0.1, -0.05) is 12.1 Å². The molecule has 1 aliphatic rings. The Morgan fingerprint density at radius 2 is 2.16 bits per heavy atom. The van der Waals surface area contributed by atoms with E-state index in [0.29, 0.717) is 23.6 Å². The van der Waals surface area contributed by atoms with Gasteiger partial charge in [0.1, 0.15) is 17.2 Å². The van der Waals surface area contributed by atoms with Gasteiger partial charge in [0.05, 0.1) is 25.8 Å². The van der Waals surface area contributed by atoms with E-state index >= 15 is 0 Å². The van der Waals surface area contributed by atoms with E-state index in [0.717, 1.165) is 5.56 Å². The summed E-state index contributed by atoms with van der Waals surface area (Å²) in [5.74, 6) is -0.0687. The molecule has 0 radical (unpaired) electrons. The second kappa shape index (κ2) is 7.21. The number of amides is 1. The molecule has 1 aromatic heterocycles. The predicted octanol–water partition coefficient (Wildman–Crippen LogP) is 2.83. The lowest BCUT2D eigenvalue weighted by Gasteiger charge is -2.22. The van der Waals surface area contributed by atoms with Crippen molar-refractivity contribution in [1.29, 1.82) is 0 Å². The van der Waals surface area contributed by atoms with Gasteiger partial charge in [-0.05, 0) is 29.8 Å². The first-order valence-electron chi connectivity index (χ1n) is 7.87. The molecule has 7 nitrogen and oxygen atoms in total. The van der Waals surface area contributed by atoms with Gasteiger partial charge < -0.3 is 14.3 Å². The molecule has 1 amide bonds. The van der Waals surface area contributed by atoms with E-state index in [9.17, 15) is 9.59 Å². The first kappa shape index (κ1) is 16.8. The van der Waals surface area contributed by atoms with Gasteiger partial charge in [-0.2, -0.15) is 5.10 Å². The molecule has 1 unspecified atom stereocenters. The number of benzene rings is 1. The molecule has 0 fully saturated rings. The van der Waals surface area contributed by atoms with Gasteiger partial charge in [-0.15, -0.1) is 0 Å².